The lowest BCUT2D eigenvalue weighted by Gasteiger charge is -2.09. The van der Waals surface area contributed by atoms with Gasteiger partial charge < -0.3 is 10.1 Å². The smallest absolute Gasteiger partial charge is 0.305 e. The van der Waals surface area contributed by atoms with Gasteiger partial charge in [0, 0.05) is 18.7 Å². The number of esters is 1. The van der Waals surface area contributed by atoms with E-state index in [1.54, 1.807) is 6.33 Å². The van der Waals surface area contributed by atoms with E-state index in [1.165, 1.54) is 30.0 Å². The molecule has 1 aromatic heterocycles. The molecule has 0 unspecified atom stereocenters. The number of benzene rings is 1. The molecule has 0 saturated carbocycles. The van der Waals surface area contributed by atoms with Gasteiger partial charge in [-0.3, -0.25) is 14.2 Å². The third-order valence-corrected chi connectivity index (χ3v) is 4.92. The Morgan fingerprint density at radius 1 is 1.23 bits per heavy atom. The molecule has 0 aliphatic carbocycles. The number of carbonyl (C=O) groups excluding carboxylic acids is 2. The summed E-state index contributed by atoms with van der Waals surface area (Å²) in [5.41, 5.74) is 3.39. The summed E-state index contributed by atoms with van der Waals surface area (Å²) in [5, 5.41) is 11.6. The molecule has 0 fully saturated rings. The summed E-state index contributed by atoms with van der Waals surface area (Å²) >= 11 is 1.34. The first-order valence-electron chi connectivity index (χ1n) is 8.45. The van der Waals surface area contributed by atoms with Crippen molar-refractivity contribution in [1.82, 2.24) is 20.1 Å². The van der Waals surface area contributed by atoms with Crippen LogP contribution in [0.3, 0.4) is 0 Å². The first-order chi connectivity index (χ1) is 12.5. The predicted octanol–water partition coefficient (Wildman–Crippen LogP) is 2.44. The zero-order valence-electron chi connectivity index (χ0n) is 15.3. The van der Waals surface area contributed by atoms with Crippen molar-refractivity contribution in [2.75, 3.05) is 19.4 Å². The van der Waals surface area contributed by atoms with Crippen LogP contribution in [0.25, 0.3) is 5.69 Å². The Morgan fingerprint density at radius 3 is 2.77 bits per heavy atom. The average molecular weight is 376 g/mol. The first kappa shape index (κ1) is 20.0. The van der Waals surface area contributed by atoms with Crippen molar-refractivity contribution in [3.63, 3.8) is 0 Å². The Balaban J connectivity index is 1.79. The number of aromatic nitrogens is 3. The molecule has 2 aromatic rings. The Kier molecular flexibility index (Phi) is 7.65. The van der Waals surface area contributed by atoms with E-state index in [2.05, 4.69) is 46.2 Å². The van der Waals surface area contributed by atoms with Gasteiger partial charge in [-0.15, -0.1) is 10.2 Å². The number of nitrogens with zero attached hydrogens (tertiary/aromatic N) is 3. The number of nitrogens with one attached hydrogen (secondary N) is 1. The maximum absolute atomic E-state index is 12.0. The minimum absolute atomic E-state index is 0.0669. The molecule has 1 aromatic carbocycles. The number of amides is 1. The quantitative estimate of drug-likeness (QED) is 0.411. The zero-order chi connectivity index (χ0) is 18.9. The van der Waals surface area contributed by atoms with Crippen molar-refractivity contribution in [2.24, 2.45) is 0 Å². The molecule has 1 heterocycles. The van der Waals surface area contributed by atoms with Crippen LogP contribution in [0.15, 0.2) is 29.7 Å². The highest BCUT2D eigenvalue weighted by atomic mass is 32.2. The number of rotatable bonds is 9. The van der Waals surface area contributed by atoms with Crippen LogP contribution >= 0.6 is 11.8 Å². The molecular formula is C18H24N4O3S. The van der Waals surface area contributed by atoms with Crippen molar-refractivity contribution < 1.29 is 14.3 Å². The second-order valence-corrected chi connectivity index (χ2v) is 6.87. The van der Waals surface area contributed by atoms with Crippen LogP contribution < -0.4 is 5.32 Å². The normalized spacial score (nSPS) is 10.6. The van der Waals surface area contributed by atoms with Crippen LogP contribution in [0, 0.1) is 13.8 Å². The maximum Gasteiger partial charge on any atom is 0.305 e. The van der Waals surface area contributed by atoms with Crippen LogP contribution in [0.5, 0.6) is 0 Å². The maximum atomic E-state index is 12.0. The van der Waals surface area contributed by atoms with E-state index in [9.17, 15) is 9.59 Å². The number of thioether (sulfide) groups is 1. The molecule has 140 valence electrons. The summed E-state index contributed by atoms with van der Waals surface area (Å²) in [7, 11) is 1.37. The molecule has 0 spiro atoms. The van der Waals surface area contributed by atoms with Crippen molar-refractivity contribution in [1.29, 1.82) is 0 Å². The SMILES string of the molecule is COC(=O)CCCCNC(=O)CSc1nncn1-c1ccc(C)c(C)c1. The van der Waals surface area contributed by atoms with Gasteiger partial charge in [0.25, 0.3) is 0 Å². The predicted molar refractivity (Wildman–Crippen MR) is 100 cm³/mol. The summed E-state index contributed by atoms with van der Waals surface area (Å²) in [6, 6.07) is 6.14. The molecule has 0 atom stereocenters. The fourth-order valence-electron chi connectivity index (χ4n) is 2.28. The Bertz CT molecular complexity index is 761. The molecule has 26 heavy (non-hydrogen) atoms. The van der Waals surface area contributed by atoms with Crippen LogP contribution in [-0.2, 0) is 14.3 Å². The minimum Gasteiger partial charge on any atom is -0.469 e. The number of aryl methyl sites for hydroxylation is 2. The Morgan fingerprint density at radius 2 is 2.04 bits per heavy atom. The molecule has 8 heteroatoms. The summed E-state index contributed by atoms with van der Waals surface area (Å²) in [5.74, 6) is -0.0270. The van der Waals surface area contributed by atoms with E-state index in [0.717, 1.165) is 12.1 Å². The van der Waals surface area contributed by atoms with Crippen molar-refractivity contribution in [2.45, 2.75) is 38.3 Å². The lowest BCUT2D eigenvalue weighted by Crippen LogP contribution is -2.26. The summed E-state index contributed by atoms with van der Waals surface area (Å²) in [6.07, 6.45) is 3.46. The largest absolute Gasteiger partial charge is 0.469 e. The fourth-order valence-corrected chi connectivity index (χ4v) is 3.04. The molecular weight excluding hydrogens is 352 g/mol. The van der Waals surface area contributed by atoms with E-state index in [4.69, 9.17) is 0 Å². The third-order valence-electron chi connectivity index (χ3n) is 3.98. The van der Waals surface area contributed by atoms with E-state index in [0.29, 0.717) is 24.5 Å². The van der Waals surface area contributed by atoms with Gasteiger partial charge in [0.15, 0.2) is 5.16 Å². The summed E-state index contributed by atoms with van der Waals surface area (Å²) in [4.78, 5) is 23.0. The number of hydrogen-bond acceptors (Lipinski definition) is 6. The highest BCUT2D eigenvalue weighted by molar-refractivity contribution is 7.99. The van der Waals surface area contributed by atoms with Crippen LogP contribution in [0.2, 0.25) is 0 Å². The Labute approximate surface area is 157 Å². The van der Waals surface area contributed by atoms with E-state index >= 15 is 0 Å². The standard InChI is InChI=1S/C18H24N4O3S/c1-13-7-8-15(10-14(13)2)22-12-20-21-18(22)26-11-16(23)19-9-5-4-6-17(24)25-3/h7-8,10,12H,4-6,9,11H2,1-3H3,(H,19,23). The van der Waals surface area contributed by atoms with Gasteiger partial charge in [-0.1, -0.05) is 17.8 Å². The molecule has 0 radical (unpaired) electrons. The fraction of sp³-hybridized carbons (Fsp3) is 0.444. The van der Waals surface area contributed by atoms with Gasteiger partial charge in [-0.2, -0.15) is 0 Å². The second-order valence-electron chi connectivity index (χ2n) is 5.92. The van der Waals surface area contributed by atoms with Gasteiger partial charge in [-0.25, -0.2) is 0 Å². The zero-order valence-corrected chi connectivity index (χ0v) is 16.1. The minimum atomic E-state index is -0.224. The monoisotopic (exact) mass is 376 g/mol. The molecule has 0 aliphatic heterocycles. The van der Waals surface area contributed by atoms with Crippen molar-refractivity contribution >= 4 is 23.6 Å². The van der Waals surface area contributed by atoms with E-state index in [-0.39, 0.29) is 17.6 Å². The van der Waals surface area contributed by atoms with Crippen molar-refractivity contribution in [3.05, 3.63) is 35.7 Å². The highest BCUT2D eigenvalue weighted by Gasteiger charge is 2.10. The molecule has 0 aliphatic rings. The van der Waals surface area contributed by atoms with Crippen LogP contribution in [-0.4, -0.2) is 46.0 Å². The Hall–Kier alpha value is -2.35. The van der Waals surface area contributed by atoms with Gasteiger partial charge in [-0.05, 0) is 49.9 Å². The van der Waals surface area contributed by atoms with Gasteiger partial charge in [0.05, 0.1) is 12.9 Å². The summed E-state index contributed by atoms with van der Waals surface area (Å²) in [6.45, 7) is 4.67. The van der Waals surface area contributed by atoms with Gasteiger partial charge in [0.1, 0.15) is 6.33 Å². The topological polar surface area (TPSA) is 86.1 Å². The molecule has 2 rings (SSSR count). The van der Waals surface area contributed by atoms with Crippen LogP contribution in [0.4, 0.5) is 0 Å². The van der Waals surface area contributed by atoms with Crippen molar-refractivity contribution in [3.8, 4) is 5.69 Å². The molecule has 7 nitrogen and oxygen atoms in total. The average Bonchev–Trinajstić information content (AvgIpc) is 3.10. The summed E-state index contributed by atoms with van der Waals surface area (Å²) < 4.78 is 6.45. The lowest BCUT2D eigenvalue weighted by atomic mass is 10.1. The lowest BCUT2D eigenvalue weighted by molar-refractivity contribution is -0.140. The number of unbranched alkanes of at least 4 members (excludes halogenated alkanes) is 1. The number of ether oxygens (including phenoxy) is 1. The van der Waals surface area contributed by atoms with E-state index < -0.39 is 0 Å². The van der Waals surface area contributed by atoms with E-state index in [1.807, 2.05) is 10.6 Å². The molecule has 1 amide bonds. The highest BCUT2D eigenvalue weighted by Crippen LogP contribution is 2.21. The molecule has 0 saturated heterocycles. The number of hydrogen-bond donors (Lipinski definition) is 1. The van der Waals surface area contributed by atoms with Gasteiger partial charge in [0.2, 0.25) is 5.91 Å². The molecule has 1 N–H and O–H groups in total. The number of methoxy groups -OCH3 is 1. The first-order valence-corrected chi connectivity index (χ1v) is 9.43. The van der Waals surface area contributed by atoms with Crippen LogP contribution in [0.1, 0.15) is 30.4 Å². The van der Waals surface area contributed by atoms with Gasteiger partial charge >= 0.3 is 5.97 Å². The second kappa shape index (κ2) is 9.96. The molecule has 0 bridgehead atoms. The third kappa shape index (κ3) is 5.87. The number of carbonyl (C=O) groups is 2.